The highest BCUT2D eigenvalue weighted by Crippen LogP contribution is 2.32. The predicted octanol–water partition coefficient (Wildman–Crippen LogP) is 4.02. The second kappa shape index (κ2) is 3.83. The Bertz CT molecular complexity index is 301. The molecule has 0 radical (unpaired) electrons. The zero-order valence-corrected chi connectivity index (χ0v) is 8.54. The van der Waals surface area contributed by atoms with Gasteiger partial charge < -0.3 is 0 Å². The molecule has 0 nitrogen and oxygen atoms in total. The second-order valence-electron chi connectivity index (χ2n) is 2.06. The summed E-state index contributed by atoms with van der Waals surface area (Å²) < 4.78 is 37.4. The average Bonchev–Trinajstić information content (AvgIpc) is 1.97. The van der Waals surface area contributed by atoms with Crippen LogP contribution in [0, 0.1) is 9.39 Å². The van der Waals surface area contributed by atoms with Crippen LogP contribution < -0.4 is 0 Å². The topological polar surface area (TPSA) is 0 Å². The van der Waals surface area contributed by atoms with Crippen molar-refractivity contribution in [3.63, 3.8) is 0 Å². The lowest BCUT2D eigenvalue weighted by atomic mass is 10.2. The lowest BCUT2D eigenvalue weighted by molar-refractivity contribution is 0.146. The Balaban J connectivity index is 3.33. The van der Waals surface area contributed by atoms with Gasteiger partial charge in [0.15, 0.2) is 0 Å². The Kier molecular flexibility index (Phi) is 3.22. The summed E-state index contributed by atoms with van der Waals surface area (Å²) >= 11 is 7.23. The van der Waals surface area contributed by atoms with Crippen LogP contribution in [0.3, 0.4) is 0 Å². The molecular weight excluding hydrogens is 303 g/mol. The van der Waals surface area contributed by atoms with Crippen LogP contribution in [-0.2, 0) is 0 Å². The maximum absolute atomic E-state index is 12.7. The molecule has 1 rings (SSSR count). The second-order valence-corrected chi connectivity index (χ2v) is 3.60. The van der Waals surface area contributed by atoms with Crippen LogP contribution in [-0.4, -0.2) is 0 Å². The predicted molar refractivity (Wildman–Crippen MR) is 49.1 cm³/mol. The Labute approximate surface area is 85.9 Å². The van der Waals surface area contributed by atoms with Crippen LogP contribution in [0.2, 0.25) is 5.02 Å². The Hall–Kier alpha value is 0.0300. The van der Waals surface area contributed by atoms with Gasteiger partial charge in [-0.1, -0.05) is 11.6 Å². The smallest absolute Gasteiger partial charge is 0.206 e. The summed E-state index contributed by atoms with van der Waals surface area (Å²) in [5, 5.41) is -0.203. The average molecular weight is 306 g/mol. The van der Waals surface area contributed by atoms with Crippen LogP contribution in [0.25, 0.3) is 0 Å². The summed E-state index contributed by atoms with van der Waals surface area (Å²) in [5.74, 6) is -0.963. The normalized spacial score (nSPS) is 10.8. The molecule has 1 aromatic rings. The molecule has 0 amide bonds. The Morgan fingerprint density at radius 3 is 2.33 bits per heavy atom. The zero-order chi connectivity index (χ0) is 9.30. The fourth-order valence-corrected chi connectivity index (χ4v) is 1.45. The quantitative estimate of drug-likeness (QED) is 0.543. The van der Waals surface area contributed by atoms with Crippen LogP contribution in [0.1, 0.15) is 12.0 Å². The van der Waals surface area contributed by atoms with E-state index >= 15 is 0 Å². The fraction of sp³-hybridized carbons (Fsp3) is 0.143. The molecule has 0 aromatic heterocycles. The van der Waals surface area contributed by atoms with Crippen LogP contribution >= 0.6 is 34.2 Å². The highest BCUT2D eigenvalue weighted by molar-refractivity contribution is 14.1. The van der Waals surface area contributed by atoms with Crippen molar-refractivity contribution in [1.82, 2.24) is 0 Å². The van der Waals surface area contributed by atoms with Gasteiger partial charge in [0.25, 0.3) is 6.43 Å². The lowest BCUT2D eigenvalue weighted by Gasteiger charge is -2.05. The molecular formula is C7H3ClF3I. The van der Waals surface area contributed by atoms with Gasteiger partial charge in [0, 0.05) is 3.57 Å². The van der Waals surface area contributed by atoms with Crippen molar-refractivity contribution in [2.24, 2.45) is 0 Å². The minimum atomic E-state index is -2.87. The van der Waals surface area contributed by atoms with Gasteiger partial charge in [-0.05, 0) is 34.7 Å². The standard InChI is InChI=1S/C7H3ClF3I/c8-6-4(12)2-1-3(9)5(6)7(10)11/h1-2,7H. The van der Waals surface area contributed by atoms with Crippen molar-refractivity contribution in [3.8, 4) is 0 Å². The van der Waals surface area contributed by atoms with Crippen molar-refractivity contribution >= 4 is 34.2 Å². The highest BCUT2D eigenvalue weighted by Gasteiger charge is 2.18. The van der Waals surface area contributed by atoms with Gasteiger partial charge in [0.2, 0.25) is 0 Å². The SMILES string of the molecule is Fc1ccc(I)c(Cl)c1C(F)F. The molecule has 0 fully saturated rings. The third kappa shape index (κ3) is 1.85. The third-order valence-electron chi connectivity index (χ3n) is 1.30. The van der Waals surface area contributed by atoms with Crippen molar-refractivity contribution in [2.45, 2.75) is 6.43 Å². The van der Waals surface area contributed by atoms with E-state index in [-0.39, 0.29) is 5.02 Å². The van der Waals surface area contributed by atoms with E-state index in [9.17, 15) is 13.2 Å². The van der Waals surface area contributed by atoms with Crippen molar-refractivity contribution in [1.29, 1.82) is 0 Å². The summed E-state index contributed by atoms with van der Waals surface area (Å²) in [7, 11) is 0. The van der Waals surface area contributed by atoms with Crippen molar-refractivity contribution in [3.05, 3.63) is 32.1 Å². The molecule has 0 aliphatic heterocycles. The third-order valence-corrected chi connectivity index (χ3v) is 2.92. The first kappa shape index (κ1) is 10.1. The molecule has 0 bridgehead atoms. The van der Waals surface area contributed by atoms with E-state index < -0.39 is 17.8 Å². The first-order chi connectivity index (χ1) is 5.54. The number of benzene rings is 1. The molecule has 0 heterocycles. The van der Waals surface area contributed by atoms with E-state index in [2.05, 4.69) is 0 Å². The molecule has 0 aliphatic carbocycles. The van der Waals surface area contributed by atoms with E-state index in [4.69, 9.17) is 11.6 Å². The van der Waals surface area contributed by atoms with Crippen molar-refractivity contribution < 1.29 is 13.2 Å². The fourth-order valence-electron chi connectivity index (χ4n) is 0.743. The van der Waals surface area contributed by atoms with Gasteiger partial charge in [0.05, 0.1) is 10.6 Å². The monoisotopic (exact) mass is 306 g/mol. The maximum Gasteiger partial charge on any atom is 0.268 e. The van der Waals surface area contributed by atoms with Gasteiger partial charge in [-0.15, -0.1) is 0 Å². The first-order valence-corrected chi connectivity index (χ1v) is 4.41. The molecule has 0 saturated carbocycles. The number of hydrogen-bond acceptors (Lipinski definition) is 0. The number of hydrogen-bond donors (Lipinski definition) is 0. The summed E-state index contributed by atoms with van der Waals surface area (Å²) in [6.45, 7) is 0. The lowest BCUT2D eigenvalue weighted by Crippen LogP contribution is -1.93. The largest absolute Gasteiger partial charge is 0.268 e. The highest BCUT2D eigenvalue weighted by atomic mass is 127. The Morgan fingerprint density at radius 1 is 1.33 bits per heavy atom. The molecule has 0 atom stereocenters. The maximum atomic E-state index is 12.7. The number of rotatable bonds is 1. The van der Waals surface area contributed by atoms with E-state index in [1.54, 1.807) is 22.6 Å². The molecule has 0 N–H and O–H groups in total. The summed E-state index contributed by atoms with van der Waals surface area (Å²) in [6, 6.07) is 2.33. The molecule has 12 heavy (non-hydrogen) atoms. The molecule has 66 valence electrons. The molecule has 0 aliphatic rings. The van der Waals surface area contributed by atoms with Crippen LogP contribution in [0.15, 0.2) is 12.1 Å². The molecule has 0 spiro atoms. The molecule has 0 saturated heterocycles. The number of alkyl halides is 2. The van der Waals surface area contributed by atoms with E-state index in [0.717, 1.165) is 6.07 Å². The van der Waals surface area contributed by atoms with E-state index in [1.807, 2.05) is 0 Å². The minimum Gasteiger partial charge on any atom is -0.206 e. The molecule has 5 heteroatoms. The summed E-state index contributed by atoms with van der Waals surface area (Å²) in [6.07, 6.45) is -2.87. The van der Waals surface area contributed by atoms with Crippen LogP contribution in [0.4, 0.5) is 13.2 Å². The number of halogens is 5. The van der Waals surface area contributed by atoms with Crippen LogP contribution in [0.5, 0.6) is 0 Å². The van der Waals surface area contributed by atoms with Gasteiger partial charge in [-0.2, -0.15) is 0 Å². The van der Waals surface area contributed by atoms with Gasteiger partial charge in [-0.3, -0.25) is 0 Å². The van der Waals surface area contributed by atoms with E-state index in [1.165, 1.54) is 6.07 Å². The zero-order valence-electron chi connectivity index (χ0n) is 5.62. The molecule has 1 aromatic carbocycles. The summed E-state index contributed by atoms with van der Waals surface area (Å²) in [5.41, 5.74) is -0.719. The first-order valence-electron chi connectivity index (χ1n) is 2.95. The minimum absolute atomic E-state index is 0.203. The summed E-state index contributed by atoms with van der Waals surface area (Å²) in [4.78, 5) is 0. The van der Waals surface area contributed by atoms with Gasteiger partial charge >= 0.3 is 0 Å². The van der Waals surface area contributed by atoms with Gasteiger partial charge in [0.1, 0.15) is 5.82 Å². The molecule has 0 unspecified atom stereocenters. The Morgan fingerprint density at radius 2 is 1.92 bits per heavy atom. The van der Waals surface area contributed by atoms with Gasteiger partial charge in [-0.25, -0.2) is 13.2 Å². The van der Waals surface area contributed by atoms with Crippen molar-refractivity contribution in [2.75, 3.05) is 0 Å². The van der Waals surface area contributed by atoms with E-state index in [0.29, 0.717) is 3.57 Å².